The predicted molar refractivity (Wildman–Crippen MR) is 126 cm³/mol. The molecule has 2 aromatic carbocycles. The number of piperidine rings is 1. The Kier molecular flexibility index (Phi) is 6.43. The van der Waals surface area contributed by atoms with Gasteiger partial charge in [0.25, 0.3) is 5.91 Å². The third-order valence-electron chi connectivity index (χ3n) is 5.41. The largest absolute Gasteiger partial charge is 0.497 e. The number of methoxy groups -OCH3 is 1. The van der Waals surface area contributed by atoms with Crippen LogP contribution in [0.5, 0.6) is 5.75 Å². The molecule has 5 nitrogen and oxygen atoms in total. The van der Waals surface area contributed by atoms with Gasteiger partial charge in [0.05, 0.1) is 17.7 Å². The lowest BCUT2D eigenvalue weighted by Gasteiger charge is -2.28. The van der Waals surface area contributed by atoms with Crippen molar-refractivity contribution in [1.29, 1.82) is 0 Å². The van der Waals surface area contributed by atoms with Crippen LogP contribution in [-0.2, 0) is 4.79 Å². The number of anilines is 1. The van der Waals surface area contributed by atoms with E-state index in [4.69, 9.17) is 9.73 Å². The summed E-state index contributed by atoms with van der Waals surface area (Å²) in [6.07, 6.45) is 5.76. The van der Waals surface area contributed by atoms with Gasteiger partial charge >= 0.3 is 0 Å². The number of thioether (sulfide) groups is 1. The number of likely N-dealkylation sites (N-methyl/N-ethyl adjacent to an activating group) is 1. The second-order valence-electron chi connectivity index (χ2n) is 7.39. The van der Waals surface area contributed by atoms with Crippen LogP contribution in [0.25, 0.3) is 6.08 Å². The van der Waals surface area contributed by atoms with Gasteiger partial charge in [-0.25, -0.2) is 4.99 Å². The highest BCUT2D eigenvalue weighted by atomic mass is 32.2. The fourth-order valence-electron chi connectivity index (χ4n) is 3.72. The number of ether oxygens (including phenoxy) is 1. The number of rotatable bonds is 5. The number of hydrogen-bond acceptors (Lipinski definition) is 5. The molecule has 4 rings (SSSR count). The van der Waals surface area contributed by atoms with Gasteiger partial charge in [0.2, 0.25) is 0 Å². The van der Waals surface area contributed by atoms with Crippen LogP contribution >= 0.6 is 11.8 Å². The van der Waals surface area contributed by atoms with Gasteiger partial charge in [-0.1, -0.05) is 12.1 Å². The highest BCUT2D eigenvalue weighted by Crippen LogP contribution is 2.34. The van der Waals surface area contributed by atoms with Gasteiger partial charge in [0, 0.05) is 25.3 Å². The number of carbonyl (C=O) groups excluding carboxylic acids is 1. The molecule has 0 aromatic heterocycles. The second kappa shape index (κ2) is 9.39. The number of carbonyl (C=O) groups is 1. The summed E-state index contributed by atoms with van der Waals surface area (Å²) in [5.41, 5.74) is 3.09. The Morgan fingerprint density at radius 1 is 1.03 bits per heavy atom. The summed E-state index contributed by atoms with van der Waals surface area (Å²) in [7, 11) is 1.64. The highest BCUT2D eigenvalue weighted by Gasteiger charge is 2.32. The van der Waals surface area contributed by atoms with Crippen molar-refractivity contribution in [3.05, 3.63) is 59.0 Å². The first-order valence-corrected chi connectivity index (χ1v) is 11.3. The molecule has 1 amide bonds. The normalized spacial score (nSPS) is 19.7. The molecule has 2 fully saturated rings. The Bertz CT molecular complexity index is 945. The standard InChI is InChI=1S/C24H27N3O2S/c1-3-27-23(28)22(17-18-7-13-21(29-2)14-8-18)30-24(27)25-19-9-11-20(12-10-19)26-15-5-4-6-16-26/h7-14,17H,3-6,15-16H2,1-2H3/b22-17-,25-24?. The molecule has 0 radical (unpaired) electrons. The molecule has 6 heteroatoms. The lowest BCUT2D eigenvalue weighted by Crippen LogP contribution is -2.29. The van der Waals surface area contributed by atoms with Crippen molar-refractivity contribution in [1.82, 2.24) is 4.90 Å². The zero-order chi connectivity index (χ0) is 20.9. The minimum atomic E-state index is 0.00186. The molecule has 2 aliphatic rings. The Hall–Kier alpha value is -2.73. The molecule has 2 heterocycles. The third-order valence-corrected chi connectivity index (χ3v) is 6.42. The van der Waals surface area contributed by atoms with E-state index < -0.39 is 0 Å². The Balaban J connectivity index is 1.53. The maximum Gasteiger partial charge on any atom is 0.266 e. The van der Waals surface area contributed by atoms with Gasteiger partial charge < -0.3 is 9.64 Å². The van der Waals surface area contributed by atoms with Gasteiger partial charge in [0.1, 0.15) is 5.75 Å². The fraction of sp³-hybridized carbons (Fsp3) is 0.333. The van der Waals surface area contributed by atoms with Gasteiger partial charge in [0.15, 0.2) is 5.17 Å². The van der Waals surface area contributed by atoms with Crippen molar-refractivity contribution in [3.63, 3.8) is 0 Å². The topological polar surface area (TPSA) is 45.1 Å². The molecular formula is C24H27N3O2S. The van der Waals surface area contributed by atoms with Crippen LogP contribution in [0.2, 0.25) is 0 Å². The SMILES string of the molecule is CCN1C(=O)/C(=C/c2ccc(OC)cc2)SC1=Nc1ccc(N2CCCCC2)cc1. The van der Waals surface area contributed by atoms with E-state index in [0.717, 1.165) is 35.3 Å². The number of amides is 1. The summed E-state index contributed by atoms with van der Waals surface area (Å²) >= 11 is 1.43. The Morgan fingerprint density at radius 2 is 1.73 bits per heavy atom. The summed E-state index contributed by atoms with van der Waals surface area (Å²) in [5, 5.41) is 0.730. The number of nitrogens with zero attached hydrogens (tertiary/aromatic N) is 3. The van der Waals surface area contributed by atoms with Crippen LogP contribution in [0.4, 0.5) is 11.4 Å². The quantitative estimate of drug-likeness (QED) is 0.614. The van der Waals surface area contributed by atoms with Crippen LogP contribution < -0.4 is 9.64 Å². The zero-order valence-corrected chi connectivity index (χ0v) is 18.3. The summed E-state index contributed by atoms with van der Waals surface area (Å²) in [6, 6.07) is 16.0. The molecule has 0 aliphatic carbocycles. The predicted octanol–water partition coefficient (Wildman–Crippen LogP) is 5.31. The molecule has 2 aromatic rings. The van der Waals surface area contributed by atoms with Crippen LogP contribution in [0, 0.1) is 0 Å². The molecule has 0 spiro atoms. The van der Waals surface area contributed by atoms with Crippen molar-refractivity contribution in [2.45, 2.75) is 26.2 Å². The molecule has 0 bridgehead atoms. The Labute approximate surface area is 182 Å². The van der Waals surface area contributed by atoms with E-state index in [-0.39, 0.29) is 5.91 Å². The van der Waals surface area contributed by atoms with E-state index in [1.54, 1.807) is 12.0 Å². The molecule has 0 saturated carbocycles. The number of aliphatic imine (C=N–C) groups is 1. The summed E-state index contributed by atoms with van der Waals surface area (Å²) in [6.45, 7) is 4.82. The van der Waals surface area contributed by atoms with Gasteiger partial charge in [-0.3, -0.25) is 9.69 Å². The van der Waals surface area contributed by atoms with Crippen molar-refractivity contribution in [2.75, 3.05) is 31.6 Å². The summed E-state index contributed by atoms with van der Waals surface area (Å²) in [4.78, 5) is 22.5. The minimum Gasteiger partial charge on any atom is -0.497 e. The molecule has 0 N–H and O–H groups in total. The average molecular weight is 422 g/mol. The number of benzene rings is 2. The molecular weight excluding hydrogens is 394 g/mol. The third kappa shape index (κ3) is 4.54. The molecule has 2 aliphatic heterocycles. The van der Waals surface area contributed by atoms with Gasteiger partial charge in [-0.05, 0) is 86.0 Å². The summed E-state index contributed by atoms with van der Waals surface area (Å²) < 4.78 is 5.20. The van der Waals surface area contributed by atoms with E-state index in [1.165, 1.54) is 36.7 Å². The monoisotopic (exact) mass is 421 g/mol. The maximum absolute atomic E-state index is 12.8. The van der Waals surface area contributed by atoms with Gasteiger partial charge in [-0.15, -0.1) is 0 Å². The first-order valence-electron chi connectivity index (χ1n) is 10.5. The van der Waals surface area contributed by atoms with E-state index in [1.807, 2.05) is 49.4 Å². The maximum atomic E-state index is 12.8. The minimum absolute atomic E-state index is 0.00186. The van der Waals surface area contributed by atoms with E-state index in [9.17, 15) is 4.79 Å². The molecule has 2 saturated heterocycles. The summed E-state index contributed by atoms with van der Waals surface area (Å²) in [5.74, 6) is 0.801. The van der Waals surface area contributed by atoms with Crippen LogP contribution in [-0.4, -0.2) is 42.7 Å². The van der Waals surface area contributed by atoms with Crippen LogP contribution in [0.3, 0.4) is 0 Å². The van der Waals surface area contributed by atoms with Crippen molar-refractivity contribution >= 4 is 40.3 Å². The zero-order valence-electron chi connectivity index (χ0n) is 17.5. The van der Waals surface area contributed by atoms with Crippen molar-refractivity contribution in [3.8, 4) is 5.75 Å². The smallest absolute Gasteiger partial charge is 0.266 e. The number of hydrogen-bond donors (Lipinski definition) is 0. The van der Waals surface area contributed by atoms with E-state index >= 15 is 0 Å². The van der Waals surface area contributed by atoms with Crippen molar-refractivity contribution < 1.29 is 9.53 Å². The molecule has 156 valence electrons. The van der Waals surface area contributed by atoms with Gasteiger partial charge in [-0.2, -0.15) is 0 Å². The lowest BCUT2D eigenvalue weighted by molar-refractivity contribution is -0.122. The average Bonchev–Trinajstić information content (AvgIpc) is 3.09. The Morgan fingerprint density at radius 3 is 2.37 bits per heavy atom. The lowest BCUT2D eigenvalue weighted by atomic mass is 10.1. The van der Waals surface area contributed by atoms with Crippen LogP contribution in [0.15, 0.2) is 58.4 Å². The molecule has 0 unspecified atom stereocenters. The first kappa shape index (κ1) is 20.5. The van der Waals surface area contributed by atoms with E-state index in [2.05, 4.69) is 17.0 Å². The number of amidine groups is 1. The second-order valence-corrected chi connectivity index (χ2v) is 8.40. The van der Waals surface area contributed by atoms with Crippen LogP contribution in [0.1, 0.15) is 31.7 Å². The molecule has 0 atom stereocenters. The molecule has 30 heavy (non-hydrogen) atoms. The van der Waals surface area contributed by atoms with E-state index in [0.29, 0.717) is 11.4 Å². The van der Waals surface area contributed by atoms with Crippen molar-refractivity contribution in [2.24, 2.45) is 4.99 Å². The first-order chi connectivity index (χ1) is 14.7. The highest BCUT2D eigenvalue weighted by molar-refractivity contribution is 8.18. The fourth-order valence-corrected chi connectivity index (χ4v) is 4.78.